The maximum atomic E-state index is 5.50. The third-order valence-corrected chi connectivity index (χ3v) is 2.38. The molecule has 0 bridgehead atoms. The van der Waals surface area contributed by atoms with Crippen LogP contribution in [-0.4, -0.2) is 11.6 Å². The maximum Gasteiger partial charge on any atom is 0.120 e. The molecule has 0 saturated heterocycles. The van der Waals surface area contributed by atoms with Crippen molar-refractivity contribution < 1.29 is 4.74 Å². The van der Waals surface area contributed by atoms with Crippen LogP contribution >= 0.6 is 0 Å². The average Bonchev–Trinajstić information content (AvgIpc) is 2.38. The average molecular weight is 225 g/mol. The Bertz CT molecular complexity index is 479. The van der Waals surface area contributed by atoms with Gasteiger partial charge in [0.1, 0.15) is 12.4 Å². The molecule has 0 saturated carbocycles. The predicted octanol–water partition coefficient (Wildman–Crippen LogP) is 3.24. The predicted molar refractivity (Wildman–Crippen MR) is 69.2 cm³/mol. The normalized spacial score (nSPS) is 9.88. The fourth-order valence-electron chi connectivity index (χ4n) is 1.61. The molecule has 0 aliphatic rings. The van der Waals surface area contributed by atoms with E-state index in [0.29, 0.717) is 6.61 Å². The Kier molecular flexibility index (Phi) is 3.92. The number of ether oxygens (including phenoxy) is 1. The molecule has 0 fully saturated rings. The summed E-state index contributed by atoms with van der Waals surface area (Å²) in [5.74, 6) is 0.873. The molecule has 2 rings (SSSR count). The second-order valence-corrected chi connectivity index (χ2v) is 3.74. The maximum absolute atomic E-state index is 5.50. The van der Waals surface area contributed by atoms with Crippen molar-refractivity contribution in [2.24, 2.45) is 0 Å². The topological polar surface area (TPSA) is 22.1 Å². The summed E-state index contributed by atoms with van der Waals surface area (Å²) in [4.78, 5) is 4.31. The van der Waals surface area contributed by atoms with E-state index in [1.54, 1.807) is 6.08 Å². The highest BCUT2D eigenvalue weighted by atomic mass is 16.5. The molecular weight excluding hydrogens is 210 g/mol. The number of hydrogen-bond acceptors (Lipinski definition) is 2. The molecular formula is C15H15NO. The summed E-state index contributed by atoms with van der Waals surface area (Å²) in [6, 6.07) is 14.0. The summed E-state index contributed by atoms with van der Waals surface area (Å²) in [5.41, 5.74) is 2.26. The first-order chi connectivity index (χ1) is 8.38. The quantitative estimate of drug-likeness (QED) is 0.729. The molecule has 0 spiro atoms. The zero-order chi connectivity index (χ0) is 11.9. The van der Waals surface area contributed by atoms with E-state index in [1.807, 2.05) is 42.6 Å². The molecule has 17 heavy (non-hydrogen) atoms. The monoisotopic (exact) mass is 225 g/mol. The molecule has 1 aromatic carbocycles. The van der Waals surface area contributed by atoms with Crippen LogP contribution in [0.1, 0.15) is 11.3 Å². The second kappa shape index (κ2) is 5.85. The van der Waals surface area contributed by atoms with E-state index in [4.69, 9.17) is 4.74 Å². The van der Waals surface area contributed by atoms with E-state index < -0.39 is 0 Å². The molecule has 2 heteroatoms. The van der Waals surface area contributed by atoms with Gasteiger partial charge in [-0.25, -0.2) is 0 Å². The van der Waals surface area contributed by atoms with Crippen LogP contribution in [0.5, 0.6) is 5.75 Å². The Morgan fingerprint density at radius 2 is 2.12 bits per heavy atom. The molecule has 0 N–H and O–H groups in total. The van der Waals surface area contributed by atoms with Crippen molar-refractivity contribution in [3.05, 3.63) is 72.6 Å². The molecule has 0 amide bonds. The van der Waals surface area contributed by atoms with E-state index in [-0.39, 0.29) is 0 Å². The van der Waals surface area contributed by atoms with Crippen molar-refractivity contribution in [1.29, 1.82) is 0 Å². The number of benzene rings is 1. The summed E-state index contributed by atoms with van der Waals surface area (Å²) in [6.45, 7) is 4.17. The summed E-state index contributed by atoms with van der Waals surface area (Å²) >= 11 is 0. The zero-order valence-corrected chi connectivity index (χ0v) is 9.67. The van der Waals surface area contributed by atoms with E-state index in [0.717, 1.165) is 17.9 Å². The van der Waals surface area contributed by atoms with Crippen molar-refractivity contribution >= 4 is 0 Å². The minimum absolute atomic E-state index is 0.535. The van der Waals surface area contributed by atoms with E-state index >= 15 is 0 Å². The lowest BCUT2D eigenvalue weighted by Crippen LogP contribution is -1.95. The lowest BCUT2D eigenvalue weighted by atomic mass is 10.1. The molecule has 0 aliphatic carbocycles. The number of aromatic nitrogens is 1. The molecule has 86 valence electrons. The fourth-order valence-corrected chi connectivity index (χ4v) is 1.61. The SMILES string of the molecule is C=CCOc1cccc(Cc2ccccn2)c1. The Morgan fingerprint density at radius 3 is 2.88 bits per heavy atom. The molecule has 2 aromatic rings. The summed E-state index contributed by atoms with van der Waals surface area (Å²) in [6.07, 6.45) is 4.38. The van der Waals surface area contributed by atoms with E-state index in [9.17, 15) is 0 Å². The summed E-state index contributed by atoms with van der Waals surface area (Å²) < 4.78 is 5.50. The Balaban J connectivity index is 2.08. The first kappa shape index (κ1) is 11.4. The van der Waals surface area contributed by atoms with E-state index in [2.05, 4.69) is 17.6 Å². The third kappa shape index (κ3) is 3.45. The van der Waals surface area contributed by atoms with Crippen molar-refractivity contribution in [3.8, 4) is 5.75 Å². The van der Waals surface area contributed by atoms with Crippen LogP contribution in [0.3, 0.4) is 0 Å². The fraction of sp³-hybridized carbons (Fsp3) is 0.133. The van der Waals surface area contributed by atoms with Gasteiger partial charge < -0.3 is 4.74 Å². The highest BCUT2D eigenvalue weighted by molar-refractivity contribution is 5.31. The van der Waals surface area contributed by atoms with Gasteiger partial charge in [0.25, 0.3) is 0 Å². The third-order valence-electron chi connectivity index (χ3n) is 2.38. The molecule has 0 aliphatic heterocycles. The minimum Gasteiger partial charge on any atom is -0.490 e. The van der Waals surface area contributed by atoms with Crippen molar-refractivity contribution in [3.63, 3.8) is 0 Å². The van der Waals surface area contributed by atoms with Gasteiger partial charge in [-0.05, 0) is 29.8 Å². The highest BCUT2D eigenvalue weighted by Gasteiger charge is 1.99. The zero-order valence-electron chi connectivity index (χ0n) is 9.67. The number of hydrogen-bond donors (Lipinski definition) is 0. The van der Waals surface area contributed by atoms with Crippen molar-refractivity contribution in [2.45, 2.75) is 6.42 Å². The molecule has 1 aromatic heterocycles. The van der Waals surface area contributed by atoms with Gasteiger partial charge in [0.05, 0.1) is 0 Å². The van der Waals surface area contributed by atoms with Crippen LogP contribution in [0.2, 0.25) is 0 Å². The molecule has 0 unspecified atom stereocenters. The highest BCUT2D eigenvalue weighted by Crippen LogP contribution is 2.15. The number of pyridine rings is 1. The van der Waals surface area contributed by atoms with Crippen LogP contribution in [0, 0.1) is 0 Å². The molecule has 0 atom stereocenters. The van der Waals surface area contributed by atoms with Gasteiger partial charge in [0.15, 0.2) is 0 Å². The van der Waals surface area contributed by atoms with Crippen LogP contribution in [-0.2, 0) is 6.42 Å². The van der Waals surface area contributed by atoms with Gasteiger partial charge in [-0.1, -0.05) is 30.9 Å². The standard InChI is InChI=1S/C15H15NO/c1-2-10-17-15-8-5-6-13(12-15)11-14-7-3-4-9-16-14/h2-9,12H,1,10-11H2. The Morgan fingerprint density at radius 1 is 1.18 bits per heavy atom. The van der Waals surface area contributed by atoms with Crippen molar-refractivity contribution in [2.75, 3.05) is 6.61 Å². The van der Waals surface area contributed by atoms with Crippen LogP contribution in [0.4, 0.5) is 0 Å². The number of rotatable bonds is 5. The van der Waals surface area contributed by atoms with Gasteiger partial charge in [0, 0.05) is 18.3 Å². The lowest BCUT2D eigenvalue weighted by Gasteiger charge is -2.05. The largest absolute Gasteiger partial charge is 0.490 e. The van der Waals surface area contributed by atoms with Gasteiger partial charge in [-0.15, -0.1) is 0 Å². The van der Waals surface area contributed by atoms with Gasteiger partial charge in [-0.2, -0.15) is 0 Å². The van der Waals surface area contributed by atoms with Gasteiger partial charge in [0.2, 0.25) is 0 Å². The smallest absolute Gasteiger partial charge is 0.120 e. The van der Waals surface area contributed by atoms with Gasteiger partial charge >= 0.3 is 0 Å². The van der Waals surface area contributed by atoms with Crippen LogP contribution in [0.25, 0.3) is 0 Å². The first-order valence-corrected chi connectivity index (χ1v) is 5.61. The minimum atomic E-state index is 0.535. The molecule has 1 heterocycles. The molecule has 2 nitrogen and oxygen atoms in total. The number of nitrogens with zero attached hydrogens (tertiary/aromatic N) is 1. The summed E-state index contributed by atoms with van der Waals surface area (Å²) in [5, 5.41) is 0. The van der Waals surface area contributed by atoms with Crippen molar-refractivity contribution in [1.82, 2.24) is 4.98 Å². The first-order valence-electron chi connectivity index (χ1n) is 5.61. The summed E-state index contributed by atoms with van der Waals surface area (Å²) in [7, 11) is 0. The van der Waals surface area contributed by atoms with E-state index in [1.165, 1.54) is 5.56 Å². The second-order valence-electron chi connectivity index (χ2n) is 3.74. The van der Waals surface area contributed by atoms with Gasteiger partial charge in [-0.3, -0.25) is 4.98 Å². The molecule has 0 radical (unpaired) electrons. The van der Waals surface area contributed by atoms with Crippen LogP contribution < -0.4 is 4.74 Å². The lowest BCUT2D eigenvalue weighted by molar-refractivity contribution is 0.363. The Labute approximate surface area is 102 Å². The van der Waals surface area contributed by atoms with Crippen LogP contribution in [0.15, 0.2) is 61.3 Å². The Hall–Kier alpha value is -2.09.